The summed E-state index contributed by atoms with van der Waals surface area (Å²) in [6.45, 7) is 5.33. The van der Waals surface area contributed by atoms with Crippen LogP contribution in [0.2, 0.25) is 0 Å². The minimum absolute atomic E-state index is 0.0553. The van der Waals surface area contributed by atoms with E-state index in [1.807, 2.05) is 13.8 Å². The van der Waals surface area contributed by atoms with Gasteiger partial charge in [-0.25, -0.2) is 4.39 Å². The van der Waals surface area contributed by atoms with Crippen molar-refractivity contribution >= 4 is 21.8 Å². The Morgan fingerprint density at radius 3 is 2.79 bits per heavy atom. The fourth-order valence-corrected chi connectivity index (χ4v) is 2.41. The van der Waals surface area contributed by atoms with Gasteiger partial charge in [-0.15, -0.1) is 0 Å². The number of rotatable bonds is 7. The smallest absolute Gasteiger partial charge is 0.221 e. The topological polar surface area (TPSA) is 41.1 Å². The lowest BCUT2D eigenvalue weighted by atomic mass is 10.1. The monoisotopic (exact) mass is 330 g/mol. The van der Waals surface area contributed by atoms with E-state index in [1.165, 1.54) is 12.1 Å². The number of carbonyl (C=O) groups excluding carboxylic acids is 1. The lowest BCUT2D eigenvalue weighted by Crippen LogP contribution is -2.29. The largest absolute Gasteiger partial charge is 0.356 e. The van der Waals surface area contributed by atoms with Crippen molar-refractivity contribution in [1.82, 2.24) is 10.6 Å². The molecule has 0 saturated heterocycles. The third-order valence-electron chi connectivity index (χ3n) is 2.80. The van der Waals surface area contributed by atoms with Gasteiger partial charge < -0.3 is 10.6 Å². The van der Waals surface area contributed by atoms with Crippen LogP contribution in [0.1, 0.15) is 38.3 Å². The van der Waals surface area contributed by atoms with Crippen LogP contribution in [0.3, 0.4) is 0 Å². The molecule has 1 rings (SSSR count). The van der Waals surface area contributed by atoms with Crippen LogP contribution in [-0.2, 0) is 4.79 Å². The molecule has 0 aliphatic heterocycles. The van der Waals surface area contributed by atoms with Gasteiger partial charge in [0.1, 0.15) is 5.82 Å². The molecule has 0 spiro atoms. The van der Waals surface area contributed by atoms with Gasteiger partial charge in [0.15, 0.2) is 0 Å². The summed E-state index contributed by atoms with van der Waals surface area (Å²) in [5, 5.41) is 6.08. The average Bonchev–Trinajstić information content (AvgIpc) is 2.36. The molecule has 0 aliphatic carbocycles. The van der Waals surface area contributed by atoms with Crippen molar-refractivity contribution in [2.24, 2.45) is 0 Å². The van der Waals surface area contributed by atoms with Gasteiger partial charge in [0.05, 0.1) is 0 Å². The minimum atomic E-state index is -0.262. The summed E-state index contributed by atoms with van der Waals surface area (Å²) in [6, 6.07) is 4.69. The van der Waals surface area contributed by atoms with Crippen LogP contribution < -0.4 is 10.6 Å². The van der Waals surface area contributed by atoms with Crippen LogP contribution in [0, 0.1) is 5.82 Å². The Balaban J connectivity index is 2.38. The number of halogens is 2. The molecule has 19 heavy (non-hydrogen) atoms. The van der Waals surface area contributed by atoms with E-state index >= 15 is 0 Å². The van der Waals surface area contributed by atoms with Crippen LogP contribution >= 0.6 is 15.9 Å². The molecule has 1 amide bonds. The molecule has 0 aromatic heterocycles. The first kappa shape index (κ1) is 16.1. The van der Waals surface area contributed by atoms with Gasteiger partial charge >= 0.3 is 0 Å². The van der Waals surface area contributed by atoms with Crippen LogP contribution in [0.25, 0.3) is 0 Å². The Bertz CT molecular complexity index is 426. The third kappa shape index (κ3) is 5.70. The molecule has 0 radical (unpaired) electrons. The molecule has 1 atom stereocenters. The zero-order chi connectivity index (χ0) is 14.3. The van der Waals surface area contributed by atoms with Crippen molar-refractivity contribution in [2.75, 3.05) is 13.1 Å². The number of carbonyl (C=O) groups is 1. The summed E-state index contributed by atoms with van der Waals surface area (Å²) in [7, 11) is 0. The van der Waals surface area contributed by atoms with E-state index in [1.54, 1.807) is 6.07 Å². The van der Waals surface area contributed by atoms with Crippen LogP contribution in [0.5, 0.6) is 0 Å². The highest BCUT2D eigenvalue weighted by atomic mass is 79.9. The second-order valence-electron chi connectivity index (χ2n) is 4.44. The van der Waals surface area contributed by atoms with Crippen molar-refractivity contribution in [3.63, 3.8) is 0 Å². The second-order valence-corrected chi connectivity index (χ2v) is 5.30. The Morgan fingerprint density at radius 2 is 2.16 bits per heavy atom. The number of nitrogens with one attached hydrogen (secondary N) is 2. The van der Waals surface area contributed by atoms with E-state index in [2.05, 4.69) is 26.6 Å². The minimum Gasteiger partial charge on any atom is -0.356 e. The third-order valence-corrected chi connectivity index (χ3v) is 3.49. The van der Waals surface area contributed by atoms with Gasteiger partial charge in [-0.2, -0.15) is 0 Å². The molecule has 2 N–H and O–H groups in total. The molecule has 1 aromatic rings. The normalized spacial score (nSPS) is 12.2. The summed E-state index contributed by atoms with van der Waals surface area (Å²) in [4.78, 5) is 11.4. The maximum Gasteiger partial charge on any atom is 0.221 e. The molecule has 1 unspecified atom stereocenters. The summed E-state index contributed by atoms with van der Waals surface area (Å²) < 4.78 is 13.7. The average molecular weight is 331 g/mol. The fraction of sp³-hybridized carbons (Fsp3) is 0.500. The SMILES string of the molecule is CCCNC(=O)CCNC(C)c1ccc(F)cc1Br. The molecule has 106 valence electrons. The summed E-state index contributed by atoms with van der Waals surface area (Å²) in [6.07, 6.45) is 1.39. The number of hydrogen-bond donors (Lipinski definition) is 2. The summed E-state index contributed by atoms with van der Waals surface area (Å²) >= 11 is 3.34. The zero-order valence-corrected chi connectivity index (χ0v) is 12.9. The van der Waals surface area contributed by atoms with E-state index in [-0.39, 0.29) is 17.8 Å². The van der Waals surface area contributed by atoms with E-state index in [0.717, 1.165) is 23.0 Å². The van der Waals surface area contributed by atoms with Gasteiger partial charge in [-0.3, -0.25) is 4.79 Å². The molecule has 3 nitrogen and oxygen atoms in total. The summed E-state index contributed by atoms with van der Waals surface area (Å²) in [5.41, 5.74) is 0.982. The first-order valence-electron chi connectivity index (χ1n) is 6.49. The standard InChI is InChI=1S/C14H20BrFN2O/c1-3-7-18-14(19)6-8-17-10(2)12-5-4-11(16)9-13(12)15/h4-5,9-10,17H,3,6-8H2,1-2H3,(H,18,19). The first-order chi connectivity index (χ1) is 9.04. The Labute approximate surface area is 122 Å². The number of hydrogen-bond acceptors (Lipinski definition) is 2. The molecular formula is C14H20BrFN2O. The molecule has 0 saturated carbocycles. The molecule has 0 bridgehead atoms. The van der Waals surface area contributed by atoms with Crippen molar-refractivity contribution in [3.8, 4) is 0 Å². The van der Waals surface area contributed by atoms with Crippen LogP contribution in [0.4, 0.5) is 4.39 Å². The highest BCUT2D eigenvalue weighted by Crippen LogP contribution is 2.23. The maximum atomic E-state index is 13.0. The van der Waals surface area contributed by atoms with Gasteiger partial charge in [-0.05, 0) is 31.0 Å². The molecule has 1 aromatic carbocycles. The van der Waals surface area contributed by atoms with Crippen molar-refractivity contribution in [1.29, 1.82) is 0 Å². The molecule has 0 aliphatic rings. The van der Waals surface area contributed by atoms with E-state index in [0.29, 0.717) is 13.0 Å². The zero-order valence-electron chi connectivity index (χ0n) is 11.3. The van der Waals surface area contributed by atoms with E-state index < -0.39 is 0 Å². The van der Waals surface area contributed by atoms with Crippen LogP contribution in [-0.4, -0.2) is 19.0 Å². The van der Waals surface area contributed by atoms with Gasteiger partial charge in [0.2, 0.25) is 5.91 Å². The quantitative estimate of drug-likeness (QED) is 0.806. The molecule has 5 heteroatoms. The molecule has 0 heterocycles. The maximum absolute atomic E-state index is 13.0. The van der Waals surface area contributed by atoms with E-state index in [9.17, 15) is 9.18 Å². The highest BCUT2D eigenvalue weighted by Gasteiger charge is 2.10. The lowest BCUT2D eigenvalue weighted by Gasteiger charge is -2.15. The van der Waals surface area contributed by atoms with Gasteiger partial charge in [-0.1, -0.05) is 28.9 Å². The van der Waals surface area contributed by atoms with Crippen molar-refractivity contribution in [3.05, 3.63) is 34.1 Å². The predicted octanol–water partition coefficient (Wildman–Crippen LogP) is 3.16. The van der Waals surface area contributed by atoms with Crippen molar-refractivity contribution in [2.45, 2.75) is 32.7 Å². The molecule has 0 fully saturated rings. The predicted molar refractivity (Wildman–Crippen MR) is 78.4 cm³/mol. The first-order valence-corrected chi connectivity index (χ1v) is 7.29. The van der Waals surface area contributed by atoms with Gasteiger partial charge in [0.25, 0.3) is 0 Å². The lowest BCUT2D eigenvalue weighted by molar-refractivity contribution is -0.121. The molecular weight excluding hydrogens is 311 g/mol. The Morgan fingerprint density at radius 1 is 1.42 bits per heavy atom. The van der Waals surface area contributed by atoms with Gasteiger partial charge in [0, 0.05) is 30.0 Å². The number of benzene rings is 1. The summed E-state index contributed by atoms with van der Waals surface area (Å²) in [5.74, 6) is -0.207. The highest BCUT2D eigenvalue weighted by molar-refractivity contribution is 9.10. The second kappa shape index (κ2) is 8.27. The Kier molecular flexibility index (Phi) is 7.02. The van der Waals surface area contributed by atoms with E-state index in [4.69, 9.17) is 0 Å². The van der Waals surface area contributed by atoms with Crippen molar-refractivity contribution < 1.29 is 9.18 Å². The fourth-order valence-electron chi connectivity index (χ4n) is 1.72. The van der Waals surface area contributed by atoms with Crippen LogP contribution in [0.15, 0.2) is 22.7 Å². The Hall–Kier alpha value is -0.940. The number of amides is 1.